The molecule has 1 saturated carbocycles. The molecule has 1 fully saturated rings. The molecule has 0 aliphatic heterocycles. The summed E-state index contributed by atoms with van der Waals surface area (Å²) in [6, 6.07) is 11.8. The van der Waals surface area contributed by atoms with E-state index in [1.165, 1.54) is 24.0 Å². The quantitative estimate of drug-likeness (QED) is 0.829. The van der Waals surface area contributed by atoms with Gasteiger partial charge in [-0.05, 0) is 37.3 Å². The molecule has 3 nitrogen and oxygen atoms in total. The smallest absolute Gasteiger partial charge is 0.0635 e. The van der Waals surface area contributed by atoms with Crippen molar-refractivity contribution >= 4 is 0 Å². The molecule has 0 heterocycles. The van der Waals surface area contributed by atoms with Crippen LogP contribution >= 0.6 is 0 Å². The Morgan fingerprint density at radius 1 is 1.40 bits per heavy atom. The highest BCUT2D eigenvalue weighted by Gasteiger charge is 2.36. The summed E-state index contributed by atoms with van der Waals surface area (Å²) in [5, 5.41) is 8.91. The van der Waals surface area contributed by atoms with Crippen molar-refractivity contribution in [2.45, 2.75) is 57.7 Å². The zero-order valence-electron chi connectivity index (χ0n) is 12.5. The number of aryl methyl sites for hydroxylation is 1. The highest BCUT2D eigenvalue weighted by atomic mass is 15.2. The van der Waals surface area contributed by atoms with Crippen molar-refractivity contribution in [3.8, 4) is 6.07 Å². The van der Waals surface area contributed by atoms with Gasteiger partial charge in [0, 0.05) is 25.0 Å². The van der Waals surface area contributed by atoms with Crippen molar-refractivity contribution in [3.63, 3.8) is 0 Å². The summed E-state index contributed by atoms with van der Waals surface area (Å²) in [5.41, 5.74) is 9.05. The van der Waals surface area contributed by atoms with Crippen LogP contribution in [-0.4, -0.2) is 23.5 Å². The predicted molar refractivity (Wildman–Crippen MR) is 82.1 cm³/mol. The van der Waals surface area contributed by atoms with Crippen LogP contribution in [0, 0.1) is 18.3 Å². The van der Waals surface area contributed by atoms with Gasteiger partial charge in [-0.1, -0.05) is 31.2 Å². The minimum Gasteiger partial charge on any atom is -0.326 e. The lowest BCUT2D eigenvalue weighted by atomic mass is 9.92. The maximum atomic E-state index is 8.91. The first-order chi connectivity index (χ1) is 9.69. The zero-order valence-corrected chi connectivity index (χ0v) is 12.5. The van der Waals surface area contributed by atoms with E-state index in [1.54, 1.807) is 0 Å². The van der Waals surface area contributed by atoms with Gasteiger partial charge in [0.15, 0.2) is 0 Å². The van der Waals surface area contributed by atoms with Crippen molar-refractivity contribution in [2.24, 2.45) is 5.73 Å². The molecule has 3 heteroatoms. The van der Waals surface area contributed by atoms with Crippen LogP contribution in [0.3, 0.4) is 0 Å². The van der Waals surface area contributed by atoms with Crippen molar-refractivity contribution in [1.29, 1.82) is 5.26 Å². The van der Waals surface area contributed by atoms with Crippen LogP contribution in [0.1, 0.15) is 49.8 Å². The largest absolute Gasteiger partial charge is 0.326 e. The monoisotopic (exact) mass is 271 g/mol. The van der Waals surface area contributed by atoms with E-state index in [0.29, 0.717) is 12.5 Å². The number of nitriles is 1. The molecule has 0 saturated heterocycles. The third-order valence-electron chi connectivity index (χ3n) is 4.24. The molecular formula is C17H25N3. The van der Waals surface area contributed by atoms with Gasteiger partial charge in [-0.15, -0.1) is 0 Å². The van der Waals surface area contributed by atoms with Crippen LogP contribution in [0.2, 0.25) is 0 Å². The molecule has 2 N–H and O–H groups in total. The number of hydrogen-bond donors (Lipinski definition) is 1. The van der Waals surface area contributed by atoms with Gasteiger partial charge in [0.2, 0.25) is 0 Å². The van der Waals surface area contributed by atoms with E-state index < -0.39 is 0 Å². The van der Waals surface area contributed by atoms with Gasteiger partial charge in [-0.25, -0.2) is 0 Å². The van der Waals surface area contributed by atoms with Crippen LogP contribution < -0.4 is 5.73 Å². The van der Waals surface area contributed by atoms with Gasteiger partial charge in [-0.2, -0.15) is 5.26 Å². The first-order valence-corrected chi connectivity index (χ1v) is 7.62. The van der Waals surface area contributed by atoms with Crippen LogP contribution in [-0.2, 0) is 0 Å². The molecule has 2 unspecified atom stereocenters. The normalized spacial score (nSPS) is 17.8. The molecule has 1 aliphatic carbocycles. The Hall–Kier alpha value is -1.37. The Bertz CT molecular complexity index is 473. The lowest BCUT2D eigenvalue weighted by molar-refractivity contribution is 0.162. The molecule has 2 atom stereocenters. The molecule has 1 aromatic rings. The molecule has 0 amide bonds. The average molecular weight is 271 g/mol. The SMILES string of the molecule is CCC(N)C(c1ccccc1C)N(CCC#N)C1CC1. The molecule has 0 aromatic heterocycles. The topological polar surface area (TPSA) is 53.0 Å². The first-order valence-electron chi connectivity index (χ1n) is 7.62. The van der Waals surface area contributed by atoms with E-state index >= 15 is 0 Å². The van der Waals surface area contributed by atoms with Crippen molar-refractivity contribution in [2.75, 3.05) is 6.54 Å². The van der Waals surface area contributed by atoms with Gasteiger partial charge in [-0.3, -0.25) is 4.90 Å². The van der Waals surface area contributed by atoms with E-state index in [9.17, 15) is 0 Å². The summed E-state index contributed by atoms with van der Waals surface area (Å²) in [5.74, 6) is 0. The molecule has 0 bridgehead atoms. The lowest BCUT2D eigenvalue weighted by Gasteiger charge is -2.36. The van der Waals surface area contributed by atoms with Crippen molar-refractivity contribution in [1.82, 2.24) is 4.90 Å². The van der Waals surface area contributed by atoms with E-state index in [1.807, 2.05) is 0 Å². The Morgan fingerprint density at radius 3 is 2.65 bits per heavy atom. The van der Waals surface area contributed by atoms with Crippen LogP contribution in [0.15, 0.2) is 24.3 Å². The van der Waals surface area contributed by atoms with Gasteiger partial charge < -0.3 is 5.73 Å². The molecule has 0 radical (unpaired) electrons. The highest BCUT2D eigenvalue weighted by molar-refractivity contribution is 5.30. The Kier molecular flexibility index (Phi) is 5.17. The van der Waals surface area contributed by atoms with Gasteiger partial charge in [0.25, 0.3) is 0 Å². The summed E-state index contributed by atoms with van der Waals surface area (Å²) in [6.45, 7) is 5.12. The maximum absolute atomic E-state index is 8.91. The van der Waals surface area contributed by atoms with Gasteiger partial charge >= 0.3 is 0 Å². The van der Waals surface area contributed by atoms with Gasteiger partial charge in [0.1, 0.15) is 0 Å². The number of hydrogen-bond acceptors (Lipinski definition) is 3. The Labute approximate surface area is 122 Å². The average Bonchev–Trinajstić information content (AvgIpc) is 3.28. The second-order valence-corrected chi connectivity index (χ2v) is 5.75. The number of nitrogens with zero attached hydrogens (tertiary/aromatic N) is 2. The third-order valence-corrected chi connectivity index (χ3v) is 4.24. The minimum atomic E-state index is 0.121. The van der Waals surface area contributed by atoms with E-state index in [0.717, 1.165) is 13.0 Å². The van der Waals surface area contributed by atoms with Gasteiger partial charge in [0.05, 0.1) is 12.1 Å². The number of benzene rings is 1. The summed E-state index contributed by atoms with van der Waals surface area (Å²) in [4.78, 5) is 2.47. The Balaban J connectivity index is 2.30. The van der Waals surface area contributed by atoms with Crippen molar-refractivity contribution < 1.29 is 0 Å². The van der Waals surface area contributed by atoms with Crippen LogP contribution in [0.25, 0.3) is 0 Å². The third kappa shape index (κ3) is 3.39. The molecule has 20 heavy (non-hydrogen) atoms. The highest BCUT2D eigenvalue weighted by Crippen LogP contribution is 2.37. The minimum absolute atomic E-state index is 0.121. The molecule has 1 aliphatic rings. The summed E-state index contributed by atoms with van der Waals surface area (Å²) in [7, 11) is 0. The van der Waals surface area contributed by atoms with E-state index in [4.69, 9.17) is 11.0 Å². The zero-order chi connectivity index (χ0) is 14.5. The molecule has 2 rings (SSSR count). The molecule has 1 aromatic carbocycles. The summed E-state index contributed by atoms with van der Waals surface area (Å²) in [6.07, 6.45) is 4.01. The number of nitrogens with two attached hydrogens (primary N) is 1. The predicted octanol–water partition coefficient (Wildman–Crippen LogP) is 3.15. The molecular weight excluding hydrogens is 246 g/mol. The van der Waals surface area contributed by atoms with E-state index in [-0.39, 0.29) is 12.1 Å². The second kappa shape index (κ2) is 6.88. The fourth-order valence-electron chi connectivity index (χ4n) is 2.93. The van der Waals surface area contributed by atoms with Crippen molar-refractivity contribution in [3.05, 3.63) is 35.4 Å². The molecule has 0 spiro atoms. The molecule has 108 valence electrons. The lowest BCUT2D eigenvalue weighted by Crippen LogP contribution is -2.42. The Morgan fingerprint density at radius 2 is 2.10 bits per heavy atom. The summed E-state index contributed by atoms with van der Waals surface area (Å²) < 4.78 is 0. The van der Waals surface area contributed by atoms with Crippen LogP contribution in [0.5, 0.6) is 0 Å². The van der Waals surface area contributed by atoms with E-state index in [2.05, 4.69) is 49.1 Å². The fourth-order valence-corrected chi connectivity index (χ4v) is 2.93. The second-order valence-electron chi connectivity index (χ2n) is 5.75. The number of rotatable bonds is 7. The van der Waals surface area contributed by atoms with Crippen LogP contribution in [0.4, 0.5) is 0 Å². The standard InChI is InChI=1S/C17H25N3/c1-3-16(19)17(15-8-5-4-7-13(15)2)20(12-6-11-18)14-9-10-14/h4-5,7-8,14,16-17H,3,6,9-10,12,19H2,1-2H3. The first kappa shape index (κ1) is 15.0. The fraction of sp³-hybridized carbons (Fsp3) is 0.588. The summed E-state index contributed by atoms with van der Waals surface area (Å²) >= 11 is 0. The maximum Gasteiger partial charge on any atom is 0.0635 e.